The molecule has 0 aliphatic carbocycles. The number of primary amides is 1. The largest absolute Gasteiger partial charge is 0.370 e. The first kappa shape index (κ1) is 47.0. The summed E-state index contributed by atoms with van der Waals surface area (Å²) in [5.41, 5.74) is 17.7. The maximum atomic E-state index is 14.2. The van der Waals surface area contributed by atoms with E-state index in [4.69, 9.17) is 17.2 Å². The minimum Gasteiger partial charge on any atom is -0.370 e. The van der Waals surface area contributed by atoms with E-state index in [-0.39, 0.29) is 76.8 Å². The third-order valence-corrected chi connectivity index (χ3v) is 9.68. The molecule has 1 saturated heterocycles. The van der Waals surface area contributed by atoms with Gasteiger partial charge in [0.1, 0.15) is 24.2 Å². The van der Waals surface area contributed by atoms with Crippen LogP contribution >= 0.6 is 0 Å². The van der Waals surface area contributed by atoms with E-state index in [1.165, 1.54) is 19.4 Å². The monoisotopic (exact) mass is 822 g/mol. The summed E-state index contributed by atoms with van der Waals surface area (Å²) in [7, 11) is 0. The molecule has 1 fully saturated rings. The maximum absolute atomic E-state index is 14.2. The highest BCUT2D eigenvalue weighted by atomic mass is 16.2. The number of rotatable bonds is 15. The molecule has 13 N–H and O–H groups in total. The van der Waals surface area contributed by atoms with Crippen molar-refractivity contribution in [3.8, 4) is 0 Å². The van der Waals surface area contributed by atoms with Crippen molar-refractivity contribution in [2.24, 2.45) is 28.1 Å². The number of amides is 7. The number of hydrogen-bond acceptors (Lipinski definition) is 10. The van der Waals surface area contributed by atoms with Gasteiger partial charge in [-0.25, -0.2) is 4.98 Å². The second-order valence-corrected chi connectivity index (χ2v) is 14.5. The predicted molar refractivity (Wildman–Crippen MR) is 216 cm³/mol. The molecule has 0 bridgehead atoms. The number of aliphatic imine (C=N–C) groups is 1. The first-order valence-electron chi connectivity index (χ1n) is 19.8. The van der Waals surface area contributed by atoms with Crippen molar-refractivity contribution >= 4 is 53.1 Å². The maximum Gasteiger partial charge on any atom is 0.243 e. The second kappa shape index (κ2) is 24.4. The molecule has 0 radical (unpaired) electrons. The molecule has 3 rings (SSSR count). The Balaban J connectivity index is 2.05. The minimum atomic E-state index is -1.36. The molecular formula is C39H58N12O8. The van der Waals surface area contributed by atoms with Crippen LogP contribution in [0.15, 0.2) is 47.8 Å². The van der Waals surface area contributed by atoms with Crippen molar-refractivity contribution < 1.29 is 38.4 Å². The van der Waals surface area contributed by atoms with Gasteiger partial charge < -0.3 is 54.1 Å². The van der Waals surface area contributed by atoms with Gasteiger partial charge in [-0.15, -0.1) is 0 Å². The van der Waals surface area contributed by atoms with E-state index in [1.54, 1.807) is 30.3 Å². The van der Waals surface area contributed by atoms with E-state index < -0.39 is 83.3 Å². The molecule has 0 spiro atoms. The molecule has 20 nitrogen and oxygen atoms in total. The Labute approximate surface area is 342 Å². The molecule has 1 aromatic heterocycles. The van der Waals surface area contributed by atoms with Gasteiger partial charge in [-0.2, -0.15) is 0 Å². The topological polar surface area (TPSA) is 328 Å². The van der Waals surface area contributed by atoms with Gasteiger partial charge >= 0.3 is 0 Å². The highest BCUT2D eigenvalue weighted by Crippen LogP contribution is 2.15. The highest BCUT2D eigenvalue weighted by Gasteiger charge is 2.34. The smallest absolute Gasteiger partial charge is 0.243 e. The number of carbonyl (C=O) groups is 8. The molecule has 0 unspecified atom stereocenters. The highest BCUT2D eigenvalue weighted by molar-refractivity contribution is 5.97. The molecule has 7 amide bonds. The van der Waals surface area contributed by atoms with Crippen LogP contribution in [0, 0.1) is 5.92 Å². The molecule has 1 aliphatic heterocycles. The quantitative estimate of drug-likeness (QED) is 0.0545. The molecule has 1 aliphatic rings. The van der Waals surface area contributed by atoms with Crippen LogP contribution < -0.4 is 49.1 Å². The van der Waals surface area contributed by atoms with Gasteiger partial charge in [0, 0.05) is 63.5 Å². The van der Waals surface area contributed by atoms with E-state index in [9.17, 15) is 38.4 Å². The first-order valence-corrected chi connectivity index (χ1v) is 19.8. The Hall–Kier alpha value is -6.34. The summed E-state index contributed by atoms with van der Waals surface area (Å²) < 4.78 is 0. The van der Waals surface area contributed by atoms with Crippen molar-refractivity contribution in [3.05, 3.63) is 54.1 Å². The molecule has 6 atom stereocenters. The summed E-state index contributed by atoms with van der Waals surface area (Å²) in [5, 5.41) is 16.1. The number of unbranched alkanes of at least 4 members (excludes halogenated alkanes) is 1. The first-order chi connectivity index (χ1) is 28.2. The summed E-state index contributed by atoms with van der Waals surface area (Å²) in [4.78, 5) is 118. The number of guanidine groups is 1. The van der Waals surface area contributed by atoms with Crippen LogP contribution in [0.1, 0.15) is 82.9 Å². The number of aromatic nitrogens is 2. The number of Topliss-reactive ketones (excluding diaryl/α,β-unsaturated/α-hetero) is 1. The van der Waals surface area contributed by atoms with Crippen LogP contribution in [-0.4, -0.2) is 106 Å². The van der Waals surface area contributed by atoms with E-state index >= 15 is 0 Å². The van der Waals surface area contributed by atoms with Gasteiger partial charge in [0.25, 0.3) is 0 Å². The molecule has 2 aromatic rings. The fraction of sp³-hybridized carbons (Fsp3) is 0.538. The Morgan fingerprint density at radius 1 is 0.898 bits per heavy atom. The summed E-state index contributed by atoms with van der Waals surface area (Å²) in [6.45, 7) is 3.26. The number of nitrogens with two attached hydrogens (primary N) is 3. The summed E-state index contributed by atoms with van der Waals surface area (Å²) >= 11 is 0. The Kier molecular flexibility index (Phi) is 19.5. The average Bonchev–Trinajstić information content (AvgIpc) is 3.71. The minimum absolute atomic E-state index is 0.0140. The van der Waals surface area contributed by atoms with Crippen LogP contribution in [0.25, 0.3) is 0 Å². The Morgan fingerprint density at radius 2 is 1.58 bits per heavy atom. The molecule has 59 heavy (non-hydrogen) atoms. The SMILES string of the molecule is CCCC[C@H](NC(C)=O)C(=O)N[C@H]1CCC(=O)NCC[C@@H](C(N)=O)CC(=O)[C@H](CCCN=C(N)N)NC(=O)[C@@H](Cc2ccccc2)NC(=O)[C@H](Cc2cnc[nH]2)NC1=O. The average molecular weight is 823 g/mol. The zero-order valence-corrected chi connectivity index (χ0v) is 33.6. The number of nitrogens with one attached hydrogen (secondary N) is 7. The lowest BCUT2D eigenvalue weighted by molar-refractivity contribution is -0.135. The van der Waals surface area contributed by atoms with Gasteiger partial charge in [0.2, 0.25) is 41.4 Å². The lowest BCUT2D eigenvalue weighted by Crippen LogP contribution is -2.59. The van der Waals surface area contributed by atoms with Crippen LogP contribution in [0.4, 0.5) is 0 Å². The number of hydrogen-bond donors (Lipinski definition) is 10. The van der Waals surface area contributed by atoms with Gasteiger partial charge in [-0.1, -0.05) is 50.1 Å². The van der Waals surface area contributed by atoms with Crippen molar-refractivity contribution in [1.82, 2.24) is 41.9 Å². The normalized spacial score (nSPS) is 21.8. The summed E-state index contributed by atoms with van der Waals surface area (Å²) in [6, 6.07) is 2.71. The van der Waals surface area contributed by atoms with Crippen LogP contribution in [-0.2, 0) is 51.2 Å². The van der Waals surface area contributed by atoms with Crippen LogP contribution in [0.2, 0.25) is 0 Å². The number of ketones is 1. The molecular weight excluding hydrogens is 765 g/mol. The van der Waals surface area contributed by atoms with Crippen LogP contribution in [0.3, 0.4) is 0 Å². The lowest BCUT2D eigenvalue weighted by Gasteiger charge is -2.27. The van der Waals surface area contributed by atoms with Gasteiger partial charge in [-0.3, -0.25) is 43.3 Å². The number of imidazole rings is 1. The number of benzene rings is 1. The number of aromatic amines is 1. The fourth-order valence-electron chi connectivity index (χ4n) is 6.46. The summed E-state index contributed by atoms with van der Waals surface area (Å²) in [5.74, 6) is -6.46. The number of carbonyl (C=O) groups excluding carboxylic acids is 8. The zero-order valence-electron chi connectivity index (χ0n) is 33.6. The fourth-order valence-corrected chi connectivity index (χ4v) is 6.46. The second-order valence-electron chi connectivity index (χ2n) is 14.5. The molecule has 20 heteroatoms. The van der Waals surface area contributed by atoms with E-state index in [0.29, 0.717) is 17.7 Å². The predicted octanol–water partition coefficient (Wildman–Crippen LogP) is -1.76. The summed E-state index contributed by atoms with van der Waals surface area (Å²) in [6.07, 6.45) is 3.78. The van der Waals surface area contributed by atoms with Crippen molar-refractivity contribution in [2.75, 3.05) is 13.1 Å². The van der Waals surface area contributed by atoms with Crippen molar-refractivity contribution in [3.63, 3.8) is 0 Å². The van der Waals surface area contributed by atoms with Gasteiger partial charge in [-0.05, 0) is 37.7 Å². The van der Waals surface area contributed by atoms with Gasteiger partial charge in [0.05, 0.1) is 12.4 Å². The molecule has 0 saturated carbocycles. The van der Waals surface area contributed by atoms with E-state index in [1.807, 2.05) is 6.92 Å². The number of H-pyrrole nitrogens is 1. The number of nitrogens with zero attached hydrogens (tertiary/aromatic N) is 2. The third kappa shape index (κ3) is 17.0. The zero-order chi connectivity index (χ0) is 43.3. The molecule has 322 valence electrons. The molecule has 2 heterocycles. The Morgan fingerprint density at radius 3 is 2.20 bits per heavy atom. The Bertz CT molecular complexity index is 1770. The standard InChI is InChI=1S/C39H58N12O8/c1-3-4-11-28(47-23(2)52)35(56)49-29-13-14-33(54)44-17-15-25(34(40)55)19-32(53)27(12-8-16-45-39(41)42)48-37(58)30(18-24-9-6-5-7-10-24)50-38(59)31(51-36(29)57)20-26-21-43-22-46-26/h5-7,9-10,21-22,25,27-31H,3-4,8,11-20H2,1-2H3,(H2,40,55)(H,43,46)(H,44,54)(H,47,52)(H,48,58)(H,49,56)(H,50,59)(H,51,57)(H4,41,42,45)/t25-,27+,28+,29+,30-,31+/m1/s1. The van der Waals surface area contributed by atoms with Crippen molar-refractivity contribution in [1.29, 1.82) is 0 Å². The van der Waals surface area contributed by atoms with Crippen LogP contribution in [0.5, 0.6) is 0 Å². The van der Waals surface area contributed by atoms with Crippen molar-refractivity contribution in [2.45, 2.75) is 115 Å². The van der Waals surface area contributed by atoms with E-state index in [2.05, 4.69) is 46.9 Å². The van der Waals surface area contributed by atoms with Gasteiger partial charge in [0.15, 0.2) is 11.7 Å². The third-order valence-electron chi connectivity index (χ3n) is 9.68. The van der Waals surface area contributed by atoms with E-state index in [0.717, 1.165) is 6.42 Å². The molecule has 1 aromatic carbocycles. The lowest BCUT2D eigenvalue weighted by atomic mass is 9.92.